The van der Waals surface area contributed by atoms with Crippen LogP contribution in [0.4, 0.5) is 5.13 Å². The minimum absolute atomic E-state index is 0.503. The Kier molecular flexibility index (Phi) is 1.72. The van der Waals surface area contributed by atoms with Crippen LogP contribution >= 0.6 is 11.3 Å². The number of benzene rings is 1. The lowest BCUT2D eigenvalue weighted by molar-refractivity contribution is 0.465. The summed E-state index contributed by atoms with van der Waals surface area (Å²) >= 11 is 1.31. The zero-order chi connectivity index (χ0) is 10.3. The van der Waals surface area contributed by atoms with Crippen molar-refractivity contribution in [3.8, 4) is 11.3 Å². The number of fused-ring (bicyclic) bond motifs is 1. The van der Waals surface area contributed by atoms with E-state index in [9.17, 15) is 0 Å². The van der Waals surface area contributed by atoms with E-state index >= 15 is 0 Å². The predicted octanol–water partition coefficient (Wildman–Crippen LogP) is 2.53. The summed E-state index contributed by atoms with van der Waals surface area (Å²) in [6, 6.07) is 9.78. The van der Waals surface area contributed by atoms with Crippen LogP contribution in [0.5, 0.6) is 0 Å². The third-order valence-electron chi connectivity index (χ3n) is 2.10. The van der Waals surface area contributed by atoms with E-state index in [1.807, 2.05) is 30.3 Å². The molecule has 0 aliphatic rings. The molecule has 5 heteroatoms. The van der Waals surface area contributed by atoms with Crippen LogP contribution in [0.25, 0.3) is 21.7 Å². The fourth-order valence-corrected chi connectivity index (χ4v) is 2.09. The van der Waals surface area contributed by atoms with E-state index in [0.717, 1.165) is 16.8 Å². The first-order valence-corrected chi connectivity index (χ1v) is 5.23. The molecular formula is C10H7N3OS. The van der Waals surface area contributed by atoms with E-state index in [1.165, 1.54) is 11.3 Å². The third kappa shape index (κ3) is 1.28. The van der Waals surface area contributed by atoms with Crippen molar-refractivity contribution in [2.75, 3.05) is 5.73 Å². The van der Waals surface area contributed by atoms with E-state index in [-0.39, 0.29) is 0 Å². The second-order valence-electron chi connectivity index (χ2n) is 3.09. The quantitative estimate of drug-likeness (QED) is 0.680. The van der Waals surface area contributed by atoms with Crippen LogP contribution in [0, 0.1) is 0 Å². The Labute approximate surface area is 89.3 Å². The molecule has 1 aromatic carbocycles. The molecule has 0 radical (unpaired) electrons. The van der Waals surface area contributed by atoms with Gasteiger partial charge in [0.05, 0.1) is 0 Å². The van der Waals surface area contributed by atoms with Gasteiger partial charge >= 0.3 is 0 Å². The smallest absolute Gasteiger partial charge is 0.243 e. The highest BCUT2D eigenvalue weighted by molar-refractivity contribution is 7.21. The number of nitrogens with two attached hydrogens (primary N) is 1. The Morgan fingerprint density at radius 3 is 2.80 bits per heavy atom. The SMILES string of the molecule is Nc1nc2c(-c3ccccc3)noc2s1. The first-order valence-electron chi connectivity index (χ1n) is 4.42. The zero-order valence-electron chi connectivity index (χ0n) is 7.68. The fraction of sp³-hybridized carbons (Fsp3) is 0. The number of hydrogen-bond acceptors (Lipinski definition) is 5. The summed E-state index contributed by atoms with van der Waals surface area (Å²) in [7, 11) is 0. The molecule has 0 amide bonds. The van der Waals surface area contributed by atoms with Crippen LogP contribution in [-0.2, 0) is 0 Å². The zero-order valence-corrected chi connectivity index (χ0v) is 8.49. The molecule has 2 aromatic heterocycles. The van der Waals surface area contributed by atoms with Gasteiger partial charge in [-0.25, -0.2) is 4.98 Å². The van der Waals surface area contributed by atoms with Crippen LogP contribution < -0.4 is 5.73 Å². The van der Waals surface area contributed by atoms with Gasteiger partial charge in [-0.3, -0.25) is 0 Å². The maximum atomic E-state index is 5.60. The maximum Gasteiger partial charge on any atom is 0.243 e. The van der Waals surface area contributed by atoms with Gasteiger partial charge in [0.2, 0.25) is 4.90 Å². The van der Waals surface area contributed by atoms with Gasteiger partial charge in [-0.15, -0.1) is 0 Å². The van der Waals surface area contributed by atoms with Crippen molar-refractivity contribution in [1.29, 1.82) is 0 Å². The molecule has 0 saturated heterocycles. The van der Waals surface area contributed by atoms with E-state index in [1.54, 1.807) is 0 Å². The molecule has 2 N–H and O–H groups in total. The summed E-state index contributed by atoms with van der Waals surface area (Å²) in [5.41, 5.74) is 8.08. The molecule has 3 rings (SSSR count). The summed E-state index contributed by atoms with van der Waals surface area (Å²) in [6.07, 6.45) is 0. The van der Waals surface area contributed by atoms with Crippen LogP contribution in [0.2, 0.25) is 0 Å². The number of hydrogen-bond donors (Lipinski definition) is 1. The van der Waals surface area contributed by atoms with E-state index < -0.39 is 0 Å². The molecule has 15 heavy (non-hydrogen) atoms. The number of nitrogens with zero attached hydrogens (tertiary/aromatic N) is 2. The van der Waals surface area contributed by atoms with Crippen molar-refractivity contribution in [1.82, 2.24) is 10.1 Å². The number of thiazole rings is 1. The highest BCUT2D eigenvalue weighted by atomic mass is 32.1. The monoisotopic (exact) mass is 217 g/mol. The van der Waals surface area contributed by atoms with Gasteiger partial charge in [0, 0.05) is 5.56 Å². The Bertz CT molecular complexity index is 599. The Hall–Kier alpha value is -1.88. The average Bonchev–Trinajstić information content (AvgIpc) is 2.77. The topological polar surface area (TPSA) is 64.9 Å². The van der Waals surface area contributed by atoms with Crippen molar-refractivity contribution in [2.24, 2.45) is 0 Å². The molecule has 0 bridgehead atoms. The normalized spacial score (nSPS) is 10.9. The minimum Gasteiger partial charge on any atom is -0.375 e. The van der Waals surface area contributed by atoms with Gasteiger partial charge in [-0.05, 0) is 0 Å². The van der Waals surface area contributed by atoms with E-state index in [4.69, 9.17) is 10.3 Å². The molecule has 0 saturated carbocycles. The highest BCUT2D eigenvalue weighted by Gasteiger charge is 2.14. The van der Waals surface area contributed by atoms with Crippen molar-refractivity contribution < 1.29 is 4.52 Å². The highest BCUT2D eigenvalue weighted by Crippen LogP contribution is 2.31. The first kappa shape index (κ1) is 8.43. The first-order chi connectivity index (χ1) is 7.34. The Balaban J connectivity index is 2.27. The molecule has 3 aromatic rings. The molecule has 0 atom stereocenters. The lowest BCUT2D eigenvalue weighted by Gasteiger charge is -1.92. The van der Waals surface area contributed by atoms with Gasteiger partial charge in [0.15, 0.2) is 10.6 Å². The minimum atomic E-state index is 0.503. The molecule has 0 fully saturated rings. The van der Waals surface area contributed by atoms with Gasteiger partial charge < -0.3 is 10.3 Å². The van der Waals surface area contributed by atoms with Gasteiger partial charge in [-0.1, -0.05) is 46.8 Å². The summed E-state index contributed by atoms with van der Waals surface area (Å²) in [5.74, 6) is 0. The molecule has 74 valence electrons. The molecular weight excluding hydrogens is 210 g/mol. The lowest BCUT2D eigenvalue weighted by Crippen LogP contribution is -1.82. The number of aromatic nitrogens is 2. The second kappa shape index (κ2) is 3.06. The average molecular weight is 217 g/mol. The molecule has 4 nitrogen and oxygen atoms in total. The van der Waals surface area contributed by atoms with Crippen LogP contribution in [0.15, 0.2) is 34.9 Å². The Morgan fingerprint density at radius 2 is 2.00 bits per heavy atom. The standard InChI is InChI=1S/C10H7N3OS/c11-10-12-8-7(13-14-9(8)15-10)6-4-2-1-3-5-6/h1-5H,(H2,11,12). The molecule has 0 aliphatic carbocycles. The summed E-state index contributed by atoms with van der Waals surface area (Å²) < 4.78 is 5.15. The lowest BCUT2D eigenvalue weighted by atomic mass is 10.1. The maximum absolute atomic E-state index is 5.60. The Morgan fingerprint density at radius 1 is 1.20 bits per heavy atom. The molecule has 0 aliphatic heterocycles. The van der Waals surface area contributed by atoms with E-state index in [0.29, 0.717) is 10.0 Å². The molecule has 0 unspecified atom stereocenters. The molecule has 0 spiro atoms. The summed E-state index contributed by atoms with van der Waals surface area (Å²) in [4.78, 5) is 4.86. The van der Waals surface area contributed by atoms with Gasteiger partial charge in [0.1, 0.15) is 5.69 Å². The van der Waals surface area contributed by atoms with Crippen molar-refractivity contribution in [3.63, 3.8) is 0 Å². The van der Waals surface area contributed by atoms with Crippen LogP contribution in [0.1, 0.15) is 0 Å². The third-order valence-corrected chi connectivity index (χ3v) is 2.86. The fourth-order valence-electron chi connectivity index (χ4n) is 1.45. The predicted molar refractivity (Wildman–Crippen MR) is 59.5 cm³/mol. The number of rotatable bonds is 1. The van der Waals surface area contributed by atoms with Crippen LogP contribution in [0.3, 0.4) is 0 Å². The van der Waals surface area contributed by atoms with Crippen molar-refractivity contribution >= 4 is 26.9 Å². The van der Waals surface area contributed by atoms with E-state index in [2.05, 4.69) is 10.1 Å². The molecule has 2 heterocycles. The van der Waals surface area contributed by atoms with Gasteiger partial charge in [0.25, 0.3) is 0 Å². The number of anilines is 1. The largest absolute Gasteiger partial charge is 0.375 e. The summed E-state index contributed by atoms with van der Waals surface area (Å²) in [6.45, 7) is 0. The summed E-state index contributed by atoms with van der Waals surface area (Å²) in [5, 5.41) is 4.49. The van der Waals surface area contributed by atoms with Gasteiger partial charge in [-0.2, -0.15) is 0 Å². The van der Waals surface area contributed by atoms with Crippen molar-refractivity contribution in [3.05, 3.63) is 30.3 Å². The second-order valence-corrected chi connectivity index (χ2v) is 4.08. The van der Waals surface area contributed by atoms with Crippen molar-refractivity contribution in [2.45, 2.75) is 0 Å². The number of nitrogen functional groups attached to an aromatic ring is 1. The van der Waals surface area contributed by atoms with Crippen LogP contribution in [-0.4, -0.2) is 10.1 Å².